The smallest absolute Gasteiger partial charge is 0.410 e. The molecule has 2 aliphatic heterocycles. The van der Waals surface area contributed by atoms with E-state index < -0.39 is 5.60 Å². The van der Waals surface area contributed by atoms with Gasteiger partial charge in [0, 0.05) is 39.1 Å². The molecule has 1 atom stereocenters. The Kier molecular flexibility index (Phi) is 5.27. The lowest BCUT2D eigenvalue weighted by Crippen LogP contribution is -2.50. The average molecular weight is 381 g/mol. The first-order chi connectivity index (χ1) is 12.2. The fraction of sp³-hybridized carbons (Fsp3) is 0.611. The molecule has 7 nitrogen and oxygen atoms in total. The lowest BCUT2D eigenvalue weighted by Gasteiger charge is -2.36. The number of pyridine rings is 1. The Morgan fingerprint density at radius 1 is 1.23 bits per heavy atom. The fourth-order valence-corrected chi connectivity index (χ4v) is 3.35. The maximum atomic E-state index is 12.1. The molecule has 0 spiro atoms. The van der Waals surface area contributed by atoms with Gasteiger partial charge in [-0.15, -0.1) is 11.6 Å². The zero-order chi connectivity index (χ0) is 18.9. The molecule has 2 amide bonds. The molecule has 142 valence electrons. The fourth-order valence-electron chi connectivity index (χ4n) is 3.08. The number of ether oxygens (including phenoxy) is 1. The molecule has 0 saturated carbocycles. The zero-order valence-electron chi connectivity index (χ0n) is 15.4. The van der Waals surface area contributed by atoms with Crippen LogP contribution in [-0.4, -0.2) is 65.6 Å². The Bertz CT molecular complexity index is 666. The topological polar surface area (TPSA) is 66.0 Å². The number of hydrogen-bond acceptors (Lipinski definition) is 5. The minimum atomic E-state index is -0.483. The van der Waals surface area contributed by atoms with Crippen molar-refractivity contribution >= 4 is 35.1 Å². The molecule has 0 N–H and O–H groups in total. The van der Waals surface area contributed by atoms with Crippen molar-refractivity contribution in [2.24, 2.45) is 0 Å². The second kappa shape index (κ2) is 7.31. The minimum absolute atomic E-state index is 0.0104. The molecule has 3 heterocycles. The standard InChI is InChI=1S/C18H25ClN4O3/c1-18(2,3)26-17(25)22-8-6-21(7-9-22)14-4-5-15(20-11-14)23-12-13(19)10-16(23)24/h4-5,11,13H,6-10,12H2,1-3H3. The maximum absolute atomic E-state index is 12.1. The lowest BCUT2D eigenvalue weighted by atomic mass is 10.2. The van der Waals surface area contributed by atoms with Gasteiger partial charge in [-0.3, -0.25) is 9.69 Å². The van der Waals surface area contributed by atoms with E-state index in [2.05, 4.69) is 9.88 Å². The van der Waals surface area contributed by atoms with Crippen LogP contribution in [0.1, 0.15) is 27.2 Å². The highest BCUT2D eigenvalue weighted by atomic mass is 35.5. The summed E-state index contributed by atoms with van der Waals surface area (Å²) in [6, 6.07) is 3.81. The van der Waals surface area contributed by atoms with Crippen LogP contribution in [0.2, 0.25) is 0 Å². The summed E-state index contributed by atoms with van der Waals surface area (Å²) in [5.41, 5.74) is 0.495. The van der Waals surface area contributed by atoms with Crippen molar-refractivity contribution in [2.45, 2.75) is 38.2 Å². The molecule has 2 saturated heterocycles. The second-order valence-electron chi connectivity index (χ2n) is 7.63. The van der Waals surface area contributed by atoms with Crippen LogP contribution >= 0.6 is 11.6 Å². The van der Waals surface area contributed by atoms with Gasteiger partial charge in [0.2, 0.25) is 5.91 Å². The molecule has 26 heavy (non-hydrogen) atoms. The van der Waals surface area contributed by atoms with Crippen molar-refractivity contribution in [3.05, 3.63) is 18.3 Å². The summed E-state index contributed by atoms with van der Waals surface area (Å²) < 4.78 is 5.42. The third kappa shape index (κ3) is 4.38. The number of nitrogens with zero attached hydrogens (tertiary/aromatic N) is 4. The molecular formula is C18H25ClN4O3. The van der Waals surface area contributed by atoms with Crippen LogP contribution in [0, 0.1) is 0 Å². The molecule has 8 heteroatoms. The zero-order valence-corrected chi connectivity index (χ0v) is 16.2. The van der Waals surface area contributed by atoms with Crippen LogP contribution in [0.15, 0.2) is 18.3 Å². The molecule has 0 aromatic carbocycles. The van der Waals surface area contributed by atoms with Crippen molar-refractivity contribution in [2.75, 3.05) is 42.5 Å². The van der Waals surface area contributed by atoms with Crippen LogP contribution in [0.3, 0.4) is 0 Å². The summed E-state index contributed by atoms with van der Waals surface area (Å²) in [5.74, 6) is 0.644. The lowest BCUT2D eigenvalue weighted by molar-refractivity contribution is -0.117. The average Bonchev–Trinajstić information content (AvgIpc) is 2.92. The SMILES string of the molecule is CC(C)(C)OC(=O)N1CCN(c2ccc(N3CC(Cl)CC3=O)nc2)CC1. The van der Waals surface area contributed by atoms with E-state index in [9.17, 15) is 9.59 Å². The van der Waals surface area contributed by atoms with Gasteiger partial charge >= 0.3 is 6.09 Å². The molecule has 1 aromatic rings. The number of halogens is 1. The van der Waals surface area contributed by atoms with E-state index in [-0.39, 0.29) is 17.4 Å². The number of carbonyl (C=O) groups excluding carboxylic acids is 2. The Balaban J connectivity index is 1.57. The molecule has 1 unspecified atom stereocenters. The molecule has 2 fully saturated rings. The molecule has 3 rings (SSSR count). The van der Waals surface area contributed by atoms with Crippen molar-refractivity contribution in [3.8, 4) is 0 Å². The first-order valence-corrected chi connectivity index (χ1v) is 9.30. The molecule has 2 aliphatic rings. The van der Waals surface area contributed by atoms with Gasteiger partial charge in [-0.2, -0.15) is 0 Å². The number of carbonyl (C=O) groups is 2. The number of aromatic nitrogens is 1. The minimum Gasteiger partial charge on any atom is -0.444 e. The monoisotopic (exact) mass is 380 g/mol. The van der Waals surface area contributed by atoms with E-state index in [1.807, 2.05) is 32.9 Å². The van der Waals surface area contributed by atoms with Crippen LogP contribution in [0.4, 0.5) is 16.3 Å². The summed E-state index contributed by atoms with van der Waals surface area (Å²) in [6.45, 7) is 8.74. The number of hydrogen-bond donors (Lipinski definition) is 0. The van der Waals surface area contributed by atoms with Gasteiger partial charge < -0.3 is 14.5 Å². The van der Waals surface area contributed by atoms with Gasteiger partial charge in [0.15, 0.2) is 0 Å². The van der Waals surface area contributed by atoms with Crippen LogP contribution in [-0.2, 0) is 9.53 Å². The first kappa shape index (κ1) is 18.8. The van der Waals surface area contributed by atoms with Crippen LogP contribution in [0.25, 0.3) is 0 Å². The van der Waals surface area contributed by atoms with Gasteiger partial charge in [0.05, 0.1) is 17.3 Å². The summed E-state index contributed by atoms with van der Waals surface area (Å²) in [7, 11) is 0. The number of amides is 2. The molecule has 0 radical (unpaired) electrons. The van der Waals surface area contributed by atoms with Gasteiger partial charge in [-0.1, -0.05) is 0 Å². The van der Waals surface area contributed by atoms with E-state index in [0.717, 1.165) is 5.69 Å². The van der Waals surface area contributed by atoms with E-state index >= 15 is 0 Å². The van der Waals surface area contributed by atoms with Gasteiger partial charge in [-0.05, 0) is 32.9 Å². The Hall–Kier alpha value is -2.02. The van der Waals surface area contributed by atoms with Gasteiger partial charge in [-0.25, -0.2) is 9.78 Å². The first-order valence-electron chi connectivity index (χ1n) is 8.86. The van der Waals surface area contributed by atoms with Crippen molar-refractivity contribution in [1.82, 2.24) is 9.88 Å². The van der Waals surface area contributed by atoms with E-state index in [1.165, 1.54) is 0 Å². The second-order valence-corrected chi connectivity index (χ2v) is 8.25. The predicted octanol–water partition coefficient (Wildman–Crippen LogP) is 2.48. The summed E-state index contributed by atoms with van der Waals surface area (Å²) in [5, 5.41) is -0.148. The molecule has 0 bridgehead atoms. The maximum Gasteiger partial charge on any atom is 0.410 e. The van der Waals surface area contributed by atoms with Crippen LogP contribution in [0.5, 0.6) is 0 Å². The Labute approximate surface area is 158 Å². The number of rotatable bonds is 2. The Morgan fingerprint density at radius 2 is 1.92 bits per heavy atom. The van der Waals surface area contributed by atoms with Crippen molar-refractivity contribution in [3.63, 3.8) is 0 Å². The number of alkyl halides is 1. The van der Waals surface area contributed by atoms with E-state index in [0.29, 0.717) is 45.0 Å². The molecule has 0 aliphatic carbocycles. The van der Waals surface area contributed by atoms with Crippen molar-refractivity contribution < 1.29 is 14.3 Å². The largest absolute Gasteiger partial charge is 0.444 e. The van der Waals surface area contributed by atoms with Gasteiger partial charge in [0.1, 0.15) is 11.4 Å². The Morgan fingerprint density at radius 3 is 2.42 bits per heavy atom. The van der Waals surface area contributed by atoms with E-state index in [4.69, 9.17) is 16.3 Å². The number of anilines is 2. The molecular weight excluding hydrogens is 356 g/mol. The number of piperazine rings is 1. The highest BCUT2D eigenvalue weighted by molar-refractivity contribution is 6.24. The normalized spacial score (nSPS) is 21.3. The van der Waals surface area contributed by atoms with E-state index in [1.54, 1.807) is 16.0 Å². The predicted molar refractivity (Wildman–Crippen MR) is 101 cm³/mol. The highest BCUT2D eigenvalue weighted by Crippen LogP contribution is 2.25. The highest BCUT2D eigenvalue weighted by Gasteiger charge is 2.30. The summed E-state index contributed by atoms with van der Waals surface area (Å²) in [6.07, 6.45) is 1.86. The van der Waals surface area contributed by atoms with Gasteiger partial charge in [0.25, 0.3) is 0 Å². The quantitative estimate of drug-likeness (QED) is 0.737. The third-order valence-electron chi connectivity index (χ3n) is 4.38. The summed E-state index contributed by atoms with van der Waals surface area (Å²) in [4.78, 5) is 34.0. The summed E-state index contributed by atoms with van der Waals surface area (Å²) >= 11 is 6.04. The van der Waals surface area contributed by atoms with Crippen molar-refractivity contribution in [1.29, 1.82) is 0 Å². The molecule has 1 aromatic heterocycles. The third-order valence-corrected chi connectivity index (χ3v) is 4.68. The van der Waals surface area contributed by atoms with Crippen LogP contribution < -0.4 is 9.80 Å².